The second kappa shape index (κ2) is 7.16. The highest BCUT2D eigenvalue weighted by Gasteiger charge is 2.30. The normalized spacial score (nSPS) is 20.7. The lowest BCUT2D eigenvalue weighted by Gasteiger charge is -2.31. The Bertz CT molecular complexity index is 1050. The second-order valence-corrected chi connectivity index (χ2v) is 7.46. The second-order valence-electron chi connectivity index (χ2n) is 7.46. The smallest absolute Gasteiger partial charge is 0.297 e. The number of Topliss-reactive ketones (excluding diaryl/α,β-unsaturated/α-hetero) is 1. The van der Waals surface area contributed by atoms with Crippen molar-refractivity contribution in [3.05, 3.63) is 71.5 Å². The molecule has 0 radical (unpaired) electrons. The van der Waals surface area contributed by atoms with Gasteiger partial charge in [-0.15, -0.1) is 0 Å². The lowest BCUT2D eigenvalue weighted by Crippen LogP contribution is -2.40. The molecule has 0 atom stereocenters. The molecule has 7 nitrogen and oxygen atoms in total. The molecule has 29 heavy (non-hydrogen) atoms. The Morgan fingerprint density at radius 2 is 2.07 bits per heavy atom. The third-order valence-electron chi connectivity index (χ3n) is 5.51. The van der Waals surface area contributed by atoms with Crippen molar-refractivity contribution in [3.8, 4) is 0 Å². The summed E-state index contributed by atoms with van der Waals surface area (Å²) >= 11 is 0. The van der Waals surface area contributed by atoms with Gasteiger partial charge in [-0.2, -0.15) is 0 Å². The Hall–Kier alpha value is -3.48. The number of nitrogens with one attached hydrogen (secondary N) is 1. The van der Waals surface area contributed by atoms with Crippen LogP contribution in [-0.4, -0.2) is 34.3 Å². The minimum Gasteiger partial charge on any atom is -0.451 e. The minimum absolute atomic E-state index is 0.491. The number of hydrogen-bond donors (Lipinski definition) is 1. The Labute approximate surface area is 167 Å². The Morgan fingerprint density at radius 1 is 1.17 bits per heavy atom. The first-order valence-electron chi connectivity index (χ1n) is 9.76. The largest absolute Gasteiger partial charge is 0.451 e. The number of amides is 1. The zero-order chi connectivity index (χ0) is 19.8. The summed E-state index contributed by atoms with van der Waals surface area (Å²) in [6, 6.07) is 0. The Morgan fingerprint density at radius 3 is 2.79 bits per heavy atom. The van der Waals surface area contributed by atoms with E-state index in [0.717, 1.165) is 17.1 Å². The average molecular weight is 388 g/mol. The van der Waals surface area contributed by atoms with Gasteiger partial charge in [-0.25, -0.2) is 9.98 Å². The molecular formula is C22H20N4O3. The zero-order valence-electron chi connectivity index (χ0n) is 15.8. The standard InChI is InChI=1S/C22H20N4O3/c27-21(16-5-3-15(4-6-16)18-12-29-13-24-18)22(28)25-19-7-9-23-20-11-17(14-1-2-14)8-10-26(19)20/h3,5,7-9,11-14H,1-2,4,6,10H2,(H,25,28). The van der Waals surface area contributed by atoms with Crippen molar-refractivity contribution in [2.75, 3.05) is 6.54 Å². The van der Waals surface area contributed by atoms with Crippen molar-refractivity contribution in [1.82, 2.24) is 15.2 Å². The van der Waals surface area contributed by atoms with Crippen molar-refractivity contribution in [2.24, 2.45) is 10.9 Å². The summed E-state index contributed by atoms with van der Waals surface area (Å²) in [5.74, 6) is 0.884. The molecule has 1 saturated carbocycles. The fraction of sp³-hybridized carbons (Fsp3) is 0.273. The van der Waals surface area contributed by atoms with Gasteiger partial charge in [-0.1, -0.05) is 18.2 Å². The van der Waals surface area contributed by atoms with Crippen LogP contribution in [0.25, 0.3) is 5.57 Å². The van der Waals surface area contributed by atoms with Crippen LogP contribution in [0.2, 0.25) is 0 Å². The molecule has 1 N–H and O–H groups in total. The predicted molar refractivity (Wildman–Crippen MR) is 107 cm³/mol. The van der Waals surface area contributed by atoms with Crippen LogP contribution < -0.4 is 5.32 Å². The maximum atomic E-state index is 12.6. The van der Waals surface area contributed by atoms with E-state index in [-0.39, 0.29) is 0 Å². The molecular weight excluding hydrogens is 368 g/mol. The first-order valence-corrected chi connectivity index (χ1v) is 9.76. The number of aromatic nitrogens is 1. The molecule has 5 rings (SSSR count). The number of fused-ring (bicyclic) bond motifs is 1. The lowest BCUT2D eigenvalue weighted by atomic mass is 9.94. The lowest BCUT2D eigenvalue weighted by molar-refractivity contribution is -0.135. The van der Waals surface area contributed by atoms with Crippen molar-refractivity contribution in [2.45, 2.75) is 25.7 Å². The first-order chi connectivity index (χ1) is 14.2. The van der Waals surface area contributed by atoms with Gasteiger partial charge < -0.3 is 14.6 Å². The highest BCUT2D eigenvalue weighted by atomic mass is 16.3. The minimum atomic E-state index is -0.632. The highest BCUT2D eigenvalue weighted by molar-refractivity contribution is 6.43. The maximum Gasteiger partial charge on any atom is 0.297 e. The van der Waals surface area contributed by atoms with Gasteiger partial charge in [0.1, 0.15) is 23.6 Å². The molecule has 7 heteroatoms. The van der Waals surface area contributed by atoms with Crippen molar-refractivity contribution in [1.29, 1.82) is 0 Å². The molecule has 2 aliphatic heterocycles. The molecule has 1 aromatic heterocycles. The fourth-order valence-electron chi connectivity index (χ4n) is 3.72. The van der Waals surface area contributed by atoms with E-state index in [9.17, 15) is 9.59 Å². The molecule has 0 saturated heterocycles. The Balaban J connectivity index is 1.26. The number of nitrogens with zero attached hydrogens (tertiary/aromatic N) is 3. The number of carbonyl (C=O) groups is 2. The molecule has 0 aromatic carbocycles. The van der Waals surface area contributed by atoms with Crippen molar-refractivity contribution in [3.63, 3.8) is 0 Å². The van der Waals surface area contributed by atoms with E-state index in [1.807, 2.05) is 11.0 Å². The van der Waals surface area contributed by atoms with Crippen molar-refractivity contribution < 1.29 is 14.0 Å². The average Bonchev–Trinajstić information content (AvgIpc) is 3.47. The number of rotatable bonds is 5. The summed E-state index contributed by atoms with van der Waals surface area (Å²) in [4.78, 5) is 35.6. The van der Waals surface area contributed by atoms with E-state index in [2.05, 4.69) is 27.4 Å². The van der Waals surface area contributed by atoms with Gasteiger partial charge in [0.2, 0.25) is 5.78 Å². The topological polar surface area (TPSA) is 87.8 Å². The quantitative estimate of drug-likeness (QED) is 0.784. The molecule has 0 spiro atoms. The summed E-state index contributed by atoms with van der Waals surface area (Å²) in [7, 11) is 0. The van der Waals surface area contributed by atoms with Gasteiger partial charge in [-0.3, -0.25) is 9.59 Å². The van der Waals surface area contributed by atoms with Gasteiger partial charge in [0.25, 0.3) is 5.91 Å². The van der Waals surface area contributed by atoms with Crippen LogP contribution in [0.1, 0.15) is 31.4 Å². The molecule has 3 heterocycles. The summed E-state index contributed by atoms with van der Waals surface area (Å²) in [5, 5.41) is 2.76. The third-order valence-corrected chi connectivity index (χ3v) is 5.51. The number of ketones is 1. The molecule has 2 aliphatic carbocycles. The van der Waals surface area contributed by atoms with E-state index >= 15 is 0 Å². The molecule has 1 fully saturated rings. The van der Waals surface area contributed by atoms with E-state index in [4.69, 9.17) is 4.42 Å². The summed E-state index contributed by atoms with van der Waals surface area (Å²) in [5.41, 5.74) is 3.56. The van der Waals surface area contributed by atoms with Gasteiger partial charge in [0.05, 0.1) is 0 Å². The van der Waals surface area contributed by atoms with Crippen LogP contribution in [0, 0.1) is 5.92 Å². The molecule has 146 valence electrons. The van der Waals surface area contributed by atoms with Gasteiger partial charge in [0, 0.05) is 18.3 Å². The van der Waals surface area contributed by atoms with Crippen LogP contribution in [0.4, 0.5) is 0 Å². The van der Waals surface area contributed by atoms with Gasteiger partial charge >= 0.3 is 0 Å². The van der Waals surface area contributed by atoms with Crippen LogP contribution in [0.15, 0.2) is 75.2 Å². The number of hydrogen-bond acceptors (Lipinski definition) is 6. The zero-order valence-corrected chi connectivity index (χ0v) is 15.8. The van der Waals surface area contributed by atoms with E-state index in [1.54, 1.807) is 24.6 Å². The Kier molecular flexibility index (Phi) is 4.35. The molecule has 1 amide bonds. The number of allylic oxidation sites excluding steroid dienone is 6. The van der Waals surface area contributed by atoms with Gasteiger partial charge in [-0.05, 0) is 54.9 Å². The SMILES string of the molecule is O=C(NC1=CC=NC2=CC(C3CC3)=CCN21)C(=O)C1=CC=C(c2cocn2)CC1. The van der Waals surface area contributed by atoms with Gasteiger partial charge in [0.15, 0.2) is 6.39 Å². The number of oxazole rings is 1. The van der Waals surface area contributed by atoms with Crippen LogP contribution in [-0.2, 0) is 9.59 Å². The maximum absolute atomic E-state index is 12.6. The van der Waals surface area contributed by atoms with Crippen LogP contribution in [0.3, 0.4) is 0 Å². The predicted octanol–water partition coefficient (Wildman–Crippen LogP) is 2.88. The van der Waals surface area contributed by atoms with Crippen molar-refractivity contribution >= 4 is 23.5 Å². The highest BCUT2D eigenvalue weighted by Crippen LogP contribution is 2.39. The molecule has 0 bridgehead atoms. The van der Waals surface area contributed by atoms with Crippen LogP contribution >= 0.6 is 0 Å². The van der Waals surface area contributed by atoms with E-state index in [0.29, 0.717) is 36.7 Å². The van der Waals surface area contributed by atoms with E-state index in [1.165, 1.54) is 24.8 Å². The third kappa shape index (κ3) is 3.51. The summed E-state index contributed by atoms with van der Waals surface area (Å²) in [6.07, 6.45) is 17.7. The number of carbonyl (C=O) groups excluding carboxylic acids is 2. The summed E-state index contributed by atoms with van der Waals surface area (Å²) in [6.45, 7) is 0.641. The molecule has 1 aromatic rings. The van der Waals surface area contributed by atoms with E-state index < -0.39 is 11.7 Å². The molecule has 4 aliphatic rings. The fourth-order valence-corrected chi connectivity index (χ4v) is 3.72. The number of aliphatic imine (C=N–C) groups is 1. The summed E-state index contributed by atoms with van der Waals surface area (Å²) < 4.78 is 5.00. The monoisotopic (exact) mass is 388 g/mol. The molecule has 0 unspecified atom stereocenters. The van der Waals surface area contributed by atoms with Crippen LogP contribution in [0.5, 0.6) is 0 Å². The first kappa shape index (κ1) is 17.6.